The minimum Gasteiger partial charge on any atom is -0.375 e. The number of primary amides is 1. The summed E-state index contributed by atoms with van der Waals surface area (Å²) in [6.45, 7) is 6.08. The SMILES string of the molecule is CNCCOCc1cccc(CCCC(N)=O)c1-c1nc2ccccn2c1Nc1c(C)cccc1C. The second kappa shape index (κ2) is 11.8. The van der Waals surface area contributed by atoms with Crippen LogP contribution in [-0.4, -0.2) is 35.5 Å². The topological polar surface area (TPSA) is 93.7 Å². The zero-order valence-electron chi connectivity index (χ0n) is 21.3. The number of amides is 1. The maximum atomic E-state index is 11.4. The molecule has 0 bridgehead atoms. The monoisotopic (exact) mass is 485 g/mol. The number of benzene rings is 2. The Hall–Kier alpha value is -3.68. The summed E-state index contributed by atoms with van der Waals surface area (Å²) in [5.74, 6) is 0.620. The molecule has 2 aromatic heterocycles. The van der Waals surface area contributed by atoms with Crippen molar-refractivity contribution in [3.05, 3.63) is 83.0 Å². The highest BCUT2D eigenvalue weighted by atomic mass is 16.5. The number of para-hydroxylation sites is 1. The minimum atomic E-state index is -0.284. The first-order chi connectivity index (χ1) is 17.5. The van der Waals surface area contributed by atoms with E-state index >= 15 is 0 Å². The molecule has 2 aromatic carbocycles. The molecule has 4 N–H and O–H groups in total. The Morgan fingerprint density at radius 2 is 1.78 bits per heavy atom. The summed E-state index contributed by atoms with van der Waals surface area (Å²) in [6.07, 6.45) is 3.78. The largest absolute Gasteiger partial charge is 0.375 e. The van der Waals surface area contributed by atoms with Gasteiger partial charge in [-0.05, 0) is 68.1 Å². The predicted molar refractivity (Wildman–Crippen MR) is 146 cm³/mol. The number of nitrogens with one attached hydrogen (secondary N) is 2. The Labute approximate surface area is 212 Å². The second-order valence-electron chi connectivity index (χ2n) is 9.06. The van der Waals surface area contributed by atoms with Gasteiger partial charge in [-0.15, -0.1) is 0 Å². The van der Waals surface area contributed by atoms with E-state index in [0.717, 1.165) is 63.6 Å². The summed E-state index contributed by atoms with van der Waals surface area (Å²) in [5.41, 5.74) is 13.8. The molecule has 0 aliphatic rings. The van der Waals surface area contributed by atoms with Gasteiger partial charge in [0.15, 0.2) is 0 Å². The normalized spacial score (nSPS) is 11.2. The van der Waals surface area contributed by atoms with E-state index in [4.69, 9.17) is 15.5 Å². The van der Waals surface area contributed by atoms with Crippen molar-refractivity contribution >= 4 is 23.1 Å². The Bertz CT molecular complexity index is 1320. The van der Waals surface area contributed by atoms with Crippen LogP contribution < -0.4 is 16.4 Å². The molecule has 7 nitrogen and oxygen atoms in total. The molecule has 36 heavy (non-hydrogen) atoms. The number of aryl methyl sites for hydroxylation is 3. The van der Waals surface area contributed by atoms with Crippen molar-refractivity contribution in [2.75, 3.05) is 25.5 Å². The third-order valence-corrected chi connectivity index (χ3v) is 6.35. The van der Waals surface area contributed by atoms with Gasteiger partial charge in [-0.3, -0.25) is 9.20 Å². The standard InChI is InChI=1S/C29H35N5O2/c1-20-9-6-10-21(2)27(20)33-29-28(32-25-15-4-5-17-34(25)29)26-22(12-8-14-24(30)35)11-7-13-23(26)19-36-18-16-31-3/h4-7,9-11,13,15,17,31,33H,8,12,14,16,18-19H2,1-3H3,(H2,30,35). The van der Waals surface area contributed by atoms with Crippen LogP contribution in [0.25, 0.3) is 16.9 Å². The van der Waals surface area contributed by atoms with E-state index in [0.29, 0.717) is 26.1 Å². The lowest BCUT2D eigenvalue weighted by atomic mass is 9.94. The average molecular weight is 486 g/mol. The van der Waals surface area contributed by atoms with Gasteiger partial charge >= 0.3 is 0 Å². The fourth-order valence-electron chi connectivity index (χ4n) is 4.52. The van der Waals surface area contributed by atoms with Crippen LogP contribution in [0, 0.1) is 13.8 Å². The smallest absolute Gasteiger partial charge is 0.217 e. The van der Waals surface area contributed by atoms with Gasteiger partial charge < -0.3 is 21.1 Å². The van der Waals surface area contributed by atoms with E-state index in [-0.39, 0.29) is 5.91 Å². The molecule has 7 heteroatoms. The van der Waals surface area contributed by atoms with Crippen molar-refractivity contribution in [2.24, 2.45) is 5.73 Å². The van der Waals surface area contributed by atoms with E-state index in [9.17, 15) is 4.79 Å². The first-order valence-electron chi connectivity index (χ1n) is 12.4. The molecule has 1 amide bonds. The molecule has 0 unspecified atom stereocenters. The molecular weight excluding hydrogens is 450 g/mol. The van der Waals surface area contributed by atoms with Crippen molar-refractivity contribution in [1.29, 1.82) is 0 Å². The third kappa shape index (κ3) is 5.75. The number of ether oxygens (including phenoxy) is 1. The number of anilines is 2. The number of carbonyl (C=O) groups excluding carboxylic acids is 1. The maximum Gasteiger partial charge on any atom is 0.217 e. The molecule has 0 fully saturated rings. The number of carbonyl (C=O) groups is 1. The van der Waals surface area contributed by atoms with Gasteiger partial charge in [0.1, 0.15) is 17.2 Å². The van der Waals surface area contributed by atoms with Gasteiger partial charge in [0.2, 0.25) is 5.91 Å². The van der Waals surface area contributed by atoms with Crippen molar-refractivity contribution in [3.63, 3.8) is 0 Å². The van der Waals surface area contributed by atoms with E-state index in [1.807, 2.05) is 37.5 Å². The fourth-order valence-corrected chi connectivity index (χ4v) is 4.52. The summed E-state index contributed by atoms with van der Waals surface area (Å²) in [6, 6.07) is 18.6. The molecule has 0 radical (unpaired) electrons. The number of nitrogens with two attached hydrogens (primary N) is 1. The molecule has 0 saturated carbocycles. The van der Waals surface area contributed by atoms with Gasteiger partial charge in [0.05, 0.1) is 13.2 Å². The van der Waals surface area contributed by atoms with Crippen LogP contribution in [0.2, 0.25) is 0 Å². The van der Waals surface area contributed by atoms with Crippen LogP contribution in [0.3, 0.4) is 0 Å². The number of rotatable bonds is 12. The number of likely N-dealkylation sites (N-methyl/N-ethyl adjacent to an activating group) is 1. The van der Waals surface area contributed by atoms with Crippen LogP contribution in [-0.2, 0) is 22.6 Å². The van der Waals surface area contributed by atoms with Gasteiger partial charge in [-0.1, -0.05) is 42.5 Å². The highest BCUT2D eigenvalue weighted by Gasteiger charge is 2.21. The van der Waals surface area contributed by atoms with E-state index in [1.54, 1.807) is 0 Å². The lowest BCUT2D eigenvalue weighted by molar-refractivity contribution is -0.118. The number of fused-ring (bicyclic) bond motifs is 1. The Kier molecular flexibility index (Phi) is 8.36. The van der Waals surface area contributed by atoms with Crippen LogP contribution in [0.1, 0.15) is 35.1 Å². The zero-order valence-corrected chi connectivity index (χ0v) is 21.3. The molecule has 0 saturated heterocycles. The lowest BCUT2D eigenvalue weighted by Crippen LogP contribution is -2.14. The summed E-state index contributed by atoms with van der Waals surface area (Å²) in [5, 5.41) is 6.83. The molecule has 2 heterocycles. The molecule has 0 aliphatic heterocycles. The number of pyridine rings is 1. The first-order valence-corrected chi connectivity index (χ1v) is 12.4. The minimum absolute atomic E-state index is 0.284. The Morgan fingerprint density at radius 3 is 2.53 bits per heavy atom. The van der Waals surface area contributed by atoms with Gasteiger partial charge in [0, 0.05) is 30.4 Å². The van der Waals surface area contributed by atoms with Crippen LogP contribution in [0.4, 0.5) is 11.5 Å². The van der Waals surface area contributed by atoms with Crippen molar-refractivity contribution in [3.8, 4) is 11.3 Å². The molecular formula is C29H35N5O2. The molecule has 0 spiro atoms. The van der Waals surface area contributed by atoms with Crippen LogP contribution >= 0.6 is 0 Å². The molecule has 4 aromatic rings. The maximum absolute atomic E-state index is 11.4. The number of hydrogen-bond acceptors (Lipinski definition) is 5. The summed E-state index contributed by atoms with van der Waals surface area (Å²) in [4.78, 5) is 16.5. The third-order valence-electron chi connectivity index (χ3n) is 6.35. The first kappa shape index (κ1) is 25.4. The van der Waals surface area contributed by atoms with Crippen LogP contribution in [0.5, 0.6) is 0 Å². The fraction of sp³-hybridized carbons (Fsp3) is 0.310. The summed E-state index contributed by atoms with van der Waals surface area (Å²) in [7, 11) is 1.91. The van der Waals surface area contributed by atoms with Crippen molar-refractivity contribution in [1.82, 2.24) is 14.7 Å². The van der Waals surface area contributed by atoms with Gasteiger partial charge in [-0.25, -0.2) is 4.98 Å². The molecule has 188 valence electrons. The zero-order chi connectivity index (χ0) is 25.5. The average Bonchev–Trinajstić information content (AvgIpc) is 3.22. The van der Waals surface area contributed by atoms with Gasteiger partial charge in [-0.2, -0.15) is 0 Å². The van der Waals surface area contributed by atoms with Crippen molar-refractivity contribution in [2.45, 2.75) is 39.7 Å². The predicted octanol–water partition coefficient (Wildman–Crippen LogP) is 4.91. The highest BCUT2D eigenvalue weighted by molar-refractivity contribution is 5.84. The summed E-state index contributed by atoms with van der Waals surface area (Å²) >= 11 is 0. The van der Waals surface area contributed by atoms with Crippen molar-refractivity contribution < 1.29 is 9.53 Å². The Morgan fingerprint density at radius 1 is 1.03 bits per heavy atom. The lowest BCUT2D eigenvalue weighted by Gasteiger charge is -2.18. The van der Waals surface area contributed by atoms with Gasteiger partial charge in [0.25, 0.3) is 0 Å². The molecule has 0 atom stereocenters. The number of imidazole rings is 1. The van der Waals surface area contributed by atoms with E-state index < -0.39 is 0 Å². The number of aromatic nitrogens is 2. The van der Waals surface area contributed by atoms with E-state index in [2.05, 4.69) is 59.2 Å². The van der Waals surface area contributed by atoms with E-state index in [1.165, 1.54) is 0 Å². The number of hydrogen-bond donors (Lipinski definition) is 3. The number of nitrogens with zero attached hydrogens (tertiary/aromatic N) is 2. The highest BCUT2D eigenvalue weighted by Crippen LogP contribution is 2.37. The Balaban J connectivity index is 1.85. The quantitative estimate of drug-likeness (QED) is 0.248. The van der Waals surface area contributed by atoms with Crippen LogP contribution in [0.15, 0.2) is 60.8 Å². The molecule has 0 aliphatic carbocycles. The second-order valence-corrected chi connectivity index (χ2v) is 9.06. The molecule has 4 rings (SSSR count). The summed E-state index contributed by atoms with van der Waals surface area (Å²) < 4.78 is 8.09.